The Balaban J connectivity index is 1.74. The van der Waals surface area contributed by atoms with Crippen LogP contribution in [0.5, 0.6) is 0 Å². The molecule has 2 aliphatic heterocycles. The molecule has 1 aromatic carbocycles. The minimum atomic E-state index is -0.318. The first-order valence-corrected chi connectivity index (χ1v) is 10.2. The molecule has 0 amide bonds. The van der Waals surface area contributed by atoms with Crippen LogP contribution in [-0.2, 0) is 0 Å². The molecule has 0 spiro atoms. The maximum atomic E-state index is 13.4. The second-order valence-corrected chi connectivity index (χ2v) is 8.72. The van der Waals surface area contributed by atoms with Crippen molar-refractivity contribution in [2.75, 3.05) is 24.2 Å². The topological polar surface area (TPSA) is 99.3 Å². The molecule has 9 heteroatoms. The molecule has 29 heavy (non-hydrogen) atoms. The van der Waals surface area contributed by atoms with E-state index in [-0.39, 0.29) is 23.3 Å². The van der Waals surface area contributed by atoms with E-state index >= 15 is 0 Å². The van der Waals surface area contributed by atoms with Gasteiger partial charge in [0.25, 0.3) is 0 Å². The average Bonchev–Trinajstić information content (AvgIpc) is 3.28. The molecule has 1 unspecified atom stereocenters. The number of anilines is 2. The Morgan fingerprint density at radius 1 is 1.31 bits per heavy atom. The number of aliphatic hydroxyl groups excluding tert-OH is 1. The van der Waals surface area contributed by atoms with Gasteiger partial charge >= 0.3 is 0 Å². The molecular weight excluding hydrogens is 391 g/mol. The Hall–Kier alpha value is -2.78. The third-order valence-electron chi connectivity index (χ3n) is 4.72. The number of fused-ring (bicyclic) bond motifs is 1. The van der Waals surface area contributed by atoms with E-state index in [1.54, 1.807) is 30.0 Å². The van der Waals surface area contributed by atoms with Crippen LogP contribution in [0.15, 0.2) is 41.9 Å². The first-order chi connectivity index (χ1) is 13.9. The molecule has 0 aliphatic carbocycles. The molecule has 4 rings (SSSR count). The van der Waals surface area contributed by atoms with Crippen molar-refractivity contribution in [3.05, 3.63) is 59.0 Å². The third kappa shape index (κ3) is 4.01. The van der Waals surface area contributed by atoms with Crippen LogP contribution in [0, 0.1) is 11.2 Å². The van der Waals surface area contributed by atoms with E-state index in [0.29, 0.717) is 24.0 Å². The van der Waals surface area contributed by atoms with Gasteiger partial charge in [-0.05, 0) is 29.7 Å². The number of thioether (sulfide) groups is 1. The number of aliphatic hydroxyl groups is 1. The predicted molar refractivity (Wildman–Crippen MR) is 115 cm³/mol. The standard InChI is InChI=1S/C20H23FN6OS/c1-20(2,11-28)10-23-18-24-14(9-15(22)25-18)17-16(12-3-5-13(21)6-4-12)26-19-27(17)7-8-29-19/h3-9,19,26,28H,10-11H2,1-2H3,(H3,22,23,24,25). The van der Waals surface area contributed by atoms with Crippen molar-refractivity contribution in [3.63, 3.8) is 0 Å². The molecular formula is C20H23FN6OS. The van der Waals surface area contributed by atoms with Gasteiger partial charge in [-0.2, -0.15) is 4.98 Å². The molecule has 0 fully saturated rings. The minimum Gasteiger partial charge on any atom is -0.396 e. The maximum Gasteiger partial charge on any atom is 0.225 e. The fourth-order valence-electron chi connectivity index (χ4n) is 3.07. The second kappa shape index (κ2) is 7.57. The number of aromatic nitrogens is 2. The molecule has 3 heterocycles. The van der Waals surface area contributed by atoms with E-state index in [0.717, 1.165) is 17.0 Å². The highest BCUT2D eigenvalue weighted by Crippen LogP contribution is 2.41. The summed E-state index contributed by atoms with van der Waals surface area (Å²) in [4.78, 5) is 11.0. The number of nitrogens with one attached hydrogen (secondary N) is 2. The van der Waals surface area contributed by atoms with Crippen molar-refractivity contribution in [2.45, 2.75) is 19.3 Å². The lowest BCUT2D eigenvalue weighted by molar-refractivity contribution is 0.170. The average molecular weight is 415 g/mol. The normalized spacial score (nSPS) is 18.2. The summed E-state index contributed by atoms with van der Waals surface area (Å²) in [5, 5.41) is 18.1. The van der Waals surface area contributed by atoms with Crippen LogP contribution in [0.4, 0.5) is 16.2 Å². The molecule has 1 atom stereocenters. The van der Waals surface area contributed by atoms with Crippen molar-refractivity contribution in [1.82, 2.24) is 20.2 Å². The summed E-state index contributed by atoms with van der Waals surface area (Å²) in [6, 6.07) is 8.07. The van der Waals surface area contributed by atoms with Crippen LogP contribution in [0.2, 0.25) is 0 Å². The number of benzene rings is 1. The molecule has 7 nitrogen and oxygen atoms in total. The maximum absolute atomic E-state index is 13.4. The minimum absolute atomic E-state index is 0.00553. The fourth-order valence-corrected chi connectivity index (χ4v) is 3.92. The molecule has 152 valence electrons. The number of hydrogen-bond donors (Lipinski definition) is 4. The van der Waals surface area contributed by atoms with Crippen LogP contribution in [0.1, 0.15) is 25.1 Å². The van der Waals surface area contributed by atoms with E-state index in [1.165, 1.54) is 12.1 Å². The van der Waals surface area contributed by atoms with Gasteiger partial charge in [0.1, 0.15) is 11.6 Å². The molecule has 5 N–H and O–H groups in total. The second-order valence-electron chi connectivity index (χ2n) is 7.73. The van der Waals surface area contributed by atoms with Gasteiger partial charge in [-0.15, -0.1) is 0 Å². The number of hydrogen-bond acceptors (Lipinski definition) is 8. The van der Waals surface area contributed by atoms with Crippen LogP contribution in [0.3, 0.4) is 0 Å². The zero-order valence-corrected chi connectivity index (χ0v) is 17.0. The molecule has 1 aromatic heterocycles. The number of nitrogens with two attached hydrogens (primary N) is 1. The lowest BCUT2D eigenvalue weighted by Gasteiger charge is -2.22. The molecule has 0 radical (unpaired) electrons. The first-order valence-electron chi connectivity index (χ1n) is 9.23. The molecule has 0 saturated heterocycles. The van der Waals surface area contributed by atoms with Crippen LogP contribution < -0.4 is 16.4 Å². The van der Waals surface area contributed by atoms with Gasteiger partial charge in [0.15, 0.2) is 5.50 Å². The molecule has 0 saturated carbocycles. The Labute approximate surface area is 172 Å². The van der Waals surface area contributed by atoms with Crippen molar-refractivity contribution in [3.8, 4) is 0 Å². The van der Waals surface area contributed by atoms with E-state index in [2.05, 4.69) is 25.5 Å². The number of rotatable bonds is 6. The van der Waals surface area contributed by atoms with Crippen molar-refractivity contribution in [2.24, 2.45) is 5.41 Å². The van der Waals surface area contributed by atoms with Crippen molar-refractivity contribution < 1.29 is 9.50 Å². The Morgan fingerprint density at radius 2 is 2.07 bits per heavy atom. The van der Waals surface area contributed by atoms with Gasteiger partial charge in [0.2, 0.25) is 5.95 Å². The molecule has 0 bridgehead atoms. The van der Waals surface area contributed by atoms with Crippen molar-refractivity contribution in [1.29, 1.82) is 0 Å². The quantitative estimate of drug-likeness (QED) is 0.573. The van der Waals surface area contributed by atoms with E-state index < -0.39 is 0 Å². The molecule has 2 aromatic rings. The Morgan fingerprint density at radius 3 is 2.79 bits per heavy atom. The largest absolute Gasteiger partial charge is 0.396 e. The Bertz CT molecular complexity index is 975. The van der Waals surface area contributed by atoms with Gasteiger partial charge < -0.3 is 26.4 Å². The summed E-state index contributed by atoms with van der Waals surface area (Å²) in [7, 11) is 0. The summed E-state index contributed by atoms with van der Waals surface area (Å²) in [5.41, 5.74) is 8.97. The van der Waals surface area contributed by atoms with E-state index in [1.807, 2.05) is 25.5 Å². The summed E-state index contributed by atoms with van der Waals surface area (Å²) >= 11 is 1.64. The van der Waals surface area contributed by atoms with E-state index in [4.69, 9.17) is 5.73 Å². The summed E-state index contributed by atoms with van der Waals surface area (Å²) < 4.78 is 13.4. The van der Waals surface area contributed by atoms with Crippen molar-refractivity contribution >= 4 is 34.9 Å². The third-order valence-corrected chi connectivity index (χ3v) is 5.60. The lowest BCUT2D eigenvalue weighted by Crippen LogP contribution is -2.28. The van der Waals surface area contributed by atoms with Crippen LogP contribution in [0.25, 0.3) is 11.4 Å². The summed E-state index contributed by atoms with van der Waals surface area (Å²) in [6.07, 6.45) is 1.98. The van der Waals surface area contributed by atoms with Crippen LogP contribution in [-0.4, -0.2) is 38.6 Å². The lowest BCUT2D eigenvalue weighted by atomic mass is 9.95. The smallest absolute Gasteiger partial charge is 0.225 e. The zero-order chi connectivity index (χ0) is 20.6. The van der Waals surface area contributed by atoms with E-state index in [9.17, 15) is 9.50 Å². The number of nitrogens with zero attached hydrogens (tertiary/aromatic N) is 3. The van der Waals surface area contributed by atoms with Gasteiger partial charge in [-0.3, -0.25) is 0 Å². The zero-order valence-electron chi connectivity index (χ0n) is 16.2. The highest BCUT2D eigenvalue weighted by atomic mass is 32.2. The monoisotopic (exact) mass is 414 g/mol. The molecule has 2 aliphatic rings. The Kier molecular flexibility index (Phi) is 5.10. The van der Waals surface area contributed by atoms with Gasteiger partial charge in [0.05, 0.1) is 17.1 Å². The fraction of sp³-hybridized carbons (Fsp3) is 0.300. The highest BCUT2D eigenvalue weighted by Gasteiger charge is 2.35. The highest BCUT2D eigenvalue weighted by molar-refractivity contribution is 8.02. The SMILES string of the molecule is CC(C)(CO)CNc1nc(N)cc(C2=C(c3ccc(F)cc3)NC3SC=CN23)n1. The summed E-state index contributed by atoms with van der Waals surface area (Å²) in [5.74, 6) is 0.448. The van der Waals surface area contributed by atoms with Gasteiger partial charge in [0, 0.05) is 36.4 Å². The predicted octanol–water partition coefficient (Wildman–Crippen LogP) is 2.86. The van der Waals surface area contributed by atoms with Gasteiger partial charge in [-0.25, -0.2) is 9.37 Å². The van der Waals surface area contributed by atoms with Crippen LogP contribution >= 0.6 is 11.8 Å². The first kappa shape index (κ1) is 19.5. The summed E-state index contributed by atoms with van der Waals surface area (Å²) in [6.45, 7) is 4.42. The number of nitrogen functional groups attached to an aromatic ring is 1. The van der Waals surface area contributed by atoms with Gasteiger partial charge in [-0.1, -0.05) is 25.6 Å². The number of halogens is 1.